The minimum Gasteiger partial charge on any atom is -0.0570 e. The molecule has 0 aliphatic carbocycles. The van der Waals surface area contributed by atoms with Gasteiger partial charge in [0.05, 0.1) is 0 Å². The molecule has 3 aromatic rings. The third-order valence-electron chi connectivity index (χ3n) is 5.61. The van der Waals surface area contributed by atoms with E-state index in [2.05, 4.69) is 20.3 Å². The molecule has 1 aliphatic rings. The van der Waals surface area contributed by atoms with Crippen LogP contribution in [0.15, 0.2) is 36.9 Å². The van der Waals surface area contributed by atoms with Gasteiger partial charge >= 0.3 is 176 Å². The van der Waals surface area contributed by atoms with Gasteiger partial charge in [0.1, 0.15) is 0 Å². The third kappa shape index (κ3) is 6.00. The second-order valence-corrected chi connectivity index (χ2v) is 9.70. The molecule has 15 heteroatoms. The van der Waals surface area contributed by atoms with Crippen molar-refractivity contribution in [3.63, 3.8) is 0 Å². The Labute approximate surface area is 206 Å². The average molecular weight is 524 g/mol. The number of benzene rings is 1. The van der Waals surface area contributed by atoms with Gasteiger partial charge in [-0.3, -0.25) is 0 Å². The summed E-state index contributed by atoms with van der Waals surface area (Å²) < 4.78 is 17.8. The van der Waals surface area contributed by atoms with E-state index >= 15 is 0 Å². The maximum absolute atomic E-state index is 12.7. The first-order valence-corrected chi connectivity index (χ1v) is 13.0. The molecule has 1 aliphatic heterocycles. The monoisotopic (exact) mass is 524 g/mol. The Morgan fingerprint density at radius 2 is 2.00 bits per heavy atom. The zero-order valence-electron chi connectivity index (χ0n) is 19.2. The number of hydrogen-bond acceptors (Lipinski definition) is 12. The summed E-state index contributed by atoms with van der Waals surface area (Å²) in [4.78, 5) is 45.6. The number of carbonyl (C=O) groups excluding carboxylic acids is 1. The molecule has 1 unspecified atom stereocenters. The summed E-state index contributed by atoms with van der Waals surface area (Å²) in [5, 5.41) is 21.3. The number of aliphatic hydroxyl groups excluding tert-OH is 2. The first-order chi connectivity index (χ1) is 17.3. The van der Waals surface area contributed by atoms with Gasteiger partial charge in [-0.2, -0.15) is 0 Å². The summed E-state index contributed by atoms with van der Waals surface area (Å²) in [6, 6.07) is 6.85. The van der Waals surface area contributed by atoms with Crippen LogP contribution in [0.2, 0.25) is 0 Å². The van der Waals surface area contributed by atoms with Crippen LogP contribution < -0.4 is 11.1 Å². The molecule has 196 valence electrons. The van der Waals surface area contributed by atoms with Gasteiger partial charge in [0.2, 0.25) is 0 Å². The van der Waals surface area contributed by atoms with Crippen LogP contribution in [0.25, 0.3) is 11.2 Å². The van der Waals surface area contributed by atoms with E-state index in [9.17, 15) is 19.7 Å². The van der Waals surface area contributed by atoms with Crippen molar-refractivity contribution in [2.45, 2.75) is 37.8 Å². The normalized spacial score (nSPS) is 20.6. The Hall–Kier alpha value is -2.65. The van der Waals surface area contributed by atoms with Crippen molar-refractivity contribution in [1.29, 1.82) is 0 Å². The number of hydrogen-bond donors (Lipinski definition) is 6. The fourth-order valence-electron chi connectivity index (χ4n) is 3.79. The first-order valence-electron chi connectivity index (χ1n) is 11.3. The number of nitrogens with two attached hydrogens (primary N) is 1. The summed E-state index contributed by atoms with van der Waals surface area (Å²) in [7, 11) is -4.50. The zero-order chi connectivity index (χ0) is 25.7. The predicted molar refractivity (Wildman–Crippen MR) is 129 cm³/mol. The van der Waals surface area contributed by atoms with Crippen LogP contribution >= 0.6 is 8.17 Å². The average Bonchev–Trinajstić information content (AvgIpc) is 3.48. The van der Waals surface area contributed by atoms with E-state index in [-0.39, 0.29) is 37.8 Å². The van der Waals surface area contributed by atoms with Crippen LogP contribution in [0.3, 0.4) is 0 Å². The molecule has 0 radical (unpaired) electrons. The number of fused-ring (bicyclic) bond motifs is 1. The van der Waals surface area contributed by atoms with Gasteiger partial charge in [-0.05, 0) is 5.56 Å². The SMILES string of the molecule is NCc1ccc(C(=O)Nc2ncnc3c2ncn3[C@H]2CC(O[PH](O)(O)OCCCO)[C@@H](CO)O2)cc1. The zero-order valence-corrected chi connectivity index (χ0v) is 20.2. The number of imidazole rings is 1. The molecule has 0 bridgehead atoms. The van der Waals surface area contributed by atoms with E-state index in [4.69, 9.17) is 24.6 Å². The Morgan fingerprint density at radius 3 is 2.69 bits per heavy atom. The fourth-order valence-corrected chi connectivity index (χ4v) is 4.91. The molecular weight excluding hydrogens is 495 g/mol. The number of aromatic nitrogens is 4. The molecule has 2 aromatic heterocycles. The molecule has 36 heavy (non-hydrogen) atoms. The van der Waals surface area contributed by atoms with Crippen LogP contribution in [0.4, 0.5) is 5.82 Å². The number of anilines is 1. The predicted octanol–water partition coefficient (Wildman–Crippen LogP) is -0.00420. The maximum atomic E-state index is 12.7. The Bertz CT molecular complexity index is 1180. The number of rotatable bonds is 11. The number of nitrogens with one attached hydrogen (secondary N) is 1. The molecule has 0 saturated carbocycles. The van der Waals surface area contributed by atoms with Crippen molar-refractivity contribution in [2.75, 3.05) is 25.1 Å². The number of carbonyl (C=O) groups is 1. The fraction of sp³-hybridized carbons (Fsp3) is 0.429. The smallest absolute Gasteiger partial charge is 0.0570 e. The van der Waals surface area contributed by atoms with Gasteiger partial charge in [0.25, 0.3) is 0 Å². The molecule has 14 nitrogen and oxygen atoms in total. The quantitative estimate of drug-likeness (QED) is 0.145. The van der Waals surface area contributed by atoms with Crippen LogP contribution in [-0.2, 0) is 20.3 Å². The van der Waals surface area contributed by atoms with E-state index in [1.165, 1.54) is 12.7 Å². The van der Waals surface area contributed by atoms with Gasteiger partial charge in [-0.25, -0.2) is 0 Å². The Balaban J connectivity index is 1.49. The minimum atomic E-state index is -4.50. The van der Waals surface area contributed by atoms with Gasteiger partial charge in [-0.1, -0.05) is 12.1 Å². The van der Waals surface area contributed by atoms with Crippen molar-refractivity contribution < 1.29 is 38.6 Å². The van der Waals surface area contributed by atoms with Crippen molar-refractivity contribution in [2.24, 2.45) is 5.73 Å². The molecule has 0 spiro atoms. The molecule has 3 atom stereocenters. The summed E-state index contributed by atoms with van der Waals surface area (Å²) in [6.45, 7) is -0.328. The molecule has 7 N–H and O–H groups in total. The van der Waals surface area contributed by atoms with E-state index < -0.39 is 33.2 Å². The Morgan fingerprint density at radius 1 is 1.22 bits per heavy atom. The summed E-state index contributed by atoms with van der Waals surface area (Å²) >= 11 is 0. The summed E-state index contributed by atoms with van der Waals surface area (Å²) in [5.41, 5.74) is 7.59. The molecule has 1 aromatic carbocycles. The summed E-state index contributed by atoms with van der Waals surface area (Å²) in [5.74, 6) is -0.182. The van der Waals surface area contributed by atoms with E-state index in [0.717, 1.165) is 5.56 Å². The molecule has 3 heterocycles. The second kappa shape index (κ2) is 11.6. The summed E-state index contributed by atoms with van der Waals surface area (Å²) in [6.07, 6.45) is 0.617. The van der Waals surface area contributed by atoms with Crippen LogP contribution in [0.1, 0.15) is 35.0 Å². The number of nitrogens with zero attached hydrogens (tertiary/aromatic N) is 4. The Kier molecular flexibility index (Phi) is 8.51. The number of aliphatic hydroxyl groups is 2. The van der Waals surface area contributed by atoms with Gasteiger partial charge in [-0.15, -0.1) is 0 Å². The van der Waals surface area contributed by atoms with E-state index in [1.54, 1.807) is 28.8 Å². The molecular formula is C21H29N6O8P. The van der Waals surface area contributed by atoms with Crippen molar-refractivity contribution in [1.82, 2.24) is 19.5 Å². The molecule has 1 fully saturated rings. The molecule has 1 saturated heterocycles. The third-order valence-corrected chi connectivity index (χ3v) is 6.80. The molecule has 4 rings (SSSR count). The van der Waals surface area contributed by atoms with Gasteiger partial charge in [0, 0.05) is 6.54 Å². The number of ether oxygens (including phenoxy) is 1. The van der Waals surface area contributed by atoms with Crippen molar-refractivity contribution in [3.05, 3.63) is 48.0 Å². The van der Waals surface area contributed by atoms with Crippen molar-refractivity contribution in [3.8, 4) is 0 Å². The standard InChI is InChI=1S/C21H29N6O8P/c22-9-13-2-4-14(5-3-13)21(30)26-19-18-20(24-11-23-19)27(12-25-18)17-8-15(16(10-29)34-17)35-36(31,32)33-7-1-6-28/h2-5,11-12,15-17,28-29,31-32,36H,1,6-10,22H2,(H,23,24,26,30)/t15?,16-,17-/m1/s1. The number of amides is 1. The minimum absolute atomic E-state index is 0.0920. The van der Waals surface area contributed by atoms with Gasteiger partial charge < -0.3 is 5.73 Å². The van der Waals surface area contributed by atoms with Crippen molar-refractivity contribution >= 4 is 31.1 Å². The van der Waals surface area contributed by atoms with Crippen LogP contribution in [0.5, 0.6) is 0 Å². The van der Waals surface area contributed by atoms with E-state index in [0.29, 0.717) is 23.3 Å². The molecule has 1 amide bonds. The first kappa shape index (κ1) is 26.4. The van der Waals surface area contributed by atoms with Gasteiger partial charge in [0.15, 0.2) is 0 Å². The van der Waals surface area contributed by atoms with E-state index in [1.807, 2.05) is 0 Å². The second-order valence-electron chi connectivity index (χ2n) is 8.08. The van der Waals surface area contributed by atoms with Crippen LogP contribution in [0, 0.1) is 0 Å². The topological polar surface area (TPSA) is 207 Å². The van der Waals surface area contributed by atoms with Crippen LogP contribution in [-0.4, -0.2) is 77.5 Å².